The largest absolute Gasteiger partial charge is 0.496 e. The first-order valence-electron chi connectivity index (χ1n) is 7.55. The van der Waals surface area contributed by atoms with Gasteiger partial charge in [-0.25, -0.2) is 0 Å². The van der Waals surface area contributed by atoms with Crippen molar-refractivity contribution in [2.75, 3.05) is 13.7 Å². The molecule has 1 aromatic rings. The molecule has 3 unspecified atom stereocenters. The molecule has 0 heterocycles. The van der Waals surface area contributed by atoms with Crippen molar-refractivity contribution in [1.29, 1.82) is 0 Å². The number of nitrogens with one attached hydrogen (secondary N) is 1. The Labute approximate surface area is 117 Å². The third-order valence-corrected chi connectivity index (χ3v) is 4.56. The minimum atomic E-state index is 0.493. The highest BCUT2D eigenvalue weighted by Crippen LogP contribution is 2.40. The molecule has 0 aromatic heterocycles. The van der Waals surface area contributed by atoms with Crippen LogP contribution in [0.4, 0.5) is 0 Å². The first-order chi connectivity index (χ1) is 9.17. The average molecular weight is 261 g/mol. The molecule has 0 spiro atoms. The second-order valence-corrected chi connectivity index (χ2v) is 5.84. The van der Waals surface area contributed by atoms with Gasteiger partial charge in [0.15, 0.2) is 0 Å². The van der Waals surface area contributed by atoms with Gasteiger partial charge in [0.2, 0.25) is 0 Å². The molecule has 1 N–H and O–H groups in total. The predicted molar refractivity (Wildman–Crippen MR) is 80.7 cm³/mol. The Morgan fingerprint density at radius 2 is 2.16 bits per heavy atom. The summed E-state index contributed by atoms with van der Waals surface area (Å²) in [6.07, 6.45) is 4.11. The smallest absolute Gasteiger partial charge is 0.121 e. The highest BCUT2D eigenvalue weighted by atomic mass is 16.5. The van der Waals surface area contributed by atoms with E-state index in [0.29, 0.717) is 6.04 Å². The van der Waals surface area contributed by atoms with Gasteiger partial charge >= 0.3 is 0 Å². The van der Waals surface area contributed by atoms with Crippen molar-refractivity contribution in [1.82, 2.24) is 5.32 Å². The van der Waals surface area contributed by atoms with Crippen molar-refractivity contribution in [3.8, 4) is 5.75 Å². The van der Waals surface area contributed by atoms with Gasteiger partial charge in [-0.3, -0.25) is 0 Å². The minimum absolute atomic E-state index is 0.493. The van der Waals surface area contributed by atoms with Gasteiger partial charge in [0.1, 0.15) is 5.75 Å². The maximum Gasteiger partial charge on any atom is 0.121 e. The molecule has 3 atom stereocenters. The standard InChI is InChI=1S/C17H27NO/c1-5-18-17(15-8-6-7-12(15)2)14-9-10-16(19-4)13(3)11-14/h9-12,15,17-18H,5-8H2,1-4H3. The predicted octanol–water partition coefficient (Wildman–Crippen LogP) is 4.09. The summed E-state index contributed by atoms with van der Waals surface area (Å²) in [6, 6.07) is 7.11. The summed E-state index contributed by atoms with van der Waals surface area (Å²) in [5.74, 6) is 2.58. The van der Waals surface area contributed by atoms with Gasteiger partial charge in [0.25, 0.3) is 0 Å². The molecule has 0 radical (unpaired) electrons. The van der Waals surface area contributed by atoms with E-state index in [0.717, 1.165) is 24.1 Å². The lowest BCUT2D eigenvalue weighted by atomic mass is 9.85. The highest BCUT2D eigenvalue weighted by molar-refractivity contribution is 5.37. The Bertz CT molecular complexity index is 416. The summed E-state index contributed by atoms with van der Waals surface area (Å²) >= 11 is 0. The fourth-order valence-corrected chi connectivity index (χ4v) is 3.50. The molecule has 1 fully saturated rings. The normalized spacial score (nSPS) is 24.4. The second kappa shape index (κ2) is 6.42. The molecule has 1 saturated carbocycles. The van der Waals surface area contributed by atoms with E-state index >= 15 is 0 Å². The molecule has 0 bridgehead atoms. The van der Waals surface area contributed by atoms with Crippen molar-refractivity contribution in [3.63, 3.8) is 0 Å². The van der Waals surface area contributed by atoms with E-state index < -0.39 is 0 Å². The van der Waals surface area contributed by atoms with Gasteiger partial charge in [0, 0.05) is 6.04 Å². The molecule has 1 aromatic carbocycles. The van der Waals surface area contributed by atoms with Crippen LogP contribution in [-0.2, 0) is 0 Å². The van der Waals surface area contributed by atoms with E-state index in [4.69, 9.17) is 4.74 Å². The van der Waals surface area contributed by atoms with Crippen molar-refractivity contribution in [3.05, 3.63) is 29.3 Å². The van der Waals surface area contributed by atoms with Crippen molar-refractivity contribution in [2.45, 2.75) is 46.1 Å². The summed E-state index contributed by atoms with van der Waals surface area (Å²) in [5.41, 5.74) is 2.65. The number of methoxy groups -OCH3 is 1. The lowest BCUT2D eigenvalue weighted by Gasteiger charge is -2.28. The number of ether oxygens (including phenoxy) is 1. The number of benzene rings is 1. The maximum absolute atomic E-state index is 5.37. The van der Waals surface area contributed by atoms with Crippen LogP contribution in [0.3, 0.4) is 0 Å². The third-order valence-electron chi connectivity index (χ3n) is 4.56. The molecule has 2 heteroatoms. The number of hydrogen-bond donors (Lipinski definition) is 1. The van der Waals surface area contributed by atoms with Crippen LogP contribution in [0, 0.1) is 18.8 Å². The lowest BCUT2D eigenvalue weighted by Crippen LogP contribution is -2.29. The average Bonchev–Trinajstić information content (AvgIpc) is 2.82. The number of aryl methyl sites for hydroxylation is 1. The van der Waals surface area contributed by atoms with E-state index in [-0.39, 0.29) is 0 Å². The Morgan fingerprint density at radius 3 is 2.68 bits per heavy atom. The molecule has 2 rings (SSSR count). The summed E-state index contributed by atoms with van der Waals surface area (Å²) in [5, 5.41) is 3.70. The Kier molecular flexibility index (Phi) is 4.87. The van der Waals surface area contributed by atoms with Crippen LogP contribution in [0.1, 0.15) is 50.3 Å². The summed E-state index contributed by atoms with van der Waals surface area (Å²) in [6.45, 7) is 7.75. The minimum Gasteiger partial charge on any atom is -0.496 e. The van der Waals surface area contributed by atoms with Crippen LogP contribution < -0.4 is 10.1 Å². The Balaban J connectivity index is 2.25. The zero-order valence-corrected chi connectivity index (χ0v) is 12.7. The Morgan fingerprint density at radius 1 is 1.37 bits per heavy atom. The first-order valence-corrected chi connectivity index (χ1v) is 7.55. The van der Waals surface area contributed by atoms with Crippen molar-refractivity contribution >= 4 is 0 Å². The maximum atomic E-state index is 5.37. The van der Waals surface area contributed by atoms with Gasteiger partial charge in [-0.1, -0.05) is 38.8 Å². The zero-order valence-electron chi connectivity index (χ0n) is 12.7. The van der Waals surface area contributed by atoms with Gasteiger partial charge in [-0.15, -0.1) is 0 Å². The number of rotatable bonds is 5. The topological polar surface area (TPSA) is 21.3 Å². The SMILES string of the molecule is CCNC(c1ccc(OC)c(C)c1)C1CCCC1C. The molecule has 106 valence electrons. The van der Waals surface area contributed by atoms with Crippen molar-refractivity contribution in [2.24, 2.45) is 11.8 Å². The molecule has 1 aliphatic rings. The van der Waals surface area contributed by atoms with E-state index in [2.05, 4.69) is 44.3 Å². The van der Waals surface area contributed by atoms with Crippen LogP contribution in [0.15, 0.2) is 18.2 Å². The van der Waals surface area contributed by atoms with Crippen LogP contribution >= 0.6 is 0 Å². The van der Waals surface area contributed by atoms with E-state index in [1.54, 1.807) is 7.11 Å². The third kappa shape index (κ3) is 3.11. The molecular formula is C17H27NO. The van der Waals surface area contributed by atoms with Crippen LogP contribution in [0.5, 0.6) is 5.75 Å². The monoisotopic (exact) mass is 261 g/mol. The molecule has 19 heavy (non-hydrogen) atoms. The number of hydrogen-bond acceptors (Lipinski definition) is 2. The van der Waals surface area contributed by atoms with Crippen LogP contribution in [0.2, 0.25) is 0 Å². The summed E-state index contributed by atoms with van der Waals surface area (Å²) in [7, 11) is 1.74. The van der Waals surface area contributed by atoms with Gasteiger partial charge < -0.3 is 10.1 Å². The molecule has 0 aliphatic heterocycles. The van der Waals surface area contributed by atoms with E-state index in [9.17, 15) is 0 Å². The van der Waals surface area contributed by atoms with Crippen LogP contribution in [-0.4, -0.2) is 13.7 Å². The fraction of sp³-hybridized carbons (Fsp3) is 0.647. The molecule has 2 nitrogen and oxygen atoms in total. The first kappa shape index (κ1) is 14.4. The molecular weight excluding hydrogens is 234 g/mol. The molecule has 1 aliphatic carbocycles. The zero-order chi connectivity index (χ0) is 13.8. The second-order valence-electron chi connectivity index (χ2n) is 5.84. The van der Waals surface area contributed by atoms with Crippen molar-refractivity contribution < 1.29 is 4.74 Å². The van der Waals surface area contributed by atoms with E-state index in [1.807, 2.05) is 0 Å². The van der Waals surface area contributed by atoms with Gasteiger partial charge in [0.05, 0.1) is 7.11 Å². The summed E-state index contributed by atoms with van der Waals surface area (Å²) < 4.78 is 5.37. The summed E-state index contributed by atoms with van der Waals surface area (Å²) in [4.78, 5) is 0. The van der Waals surface area contributed by atoms with Gasteiger partial charge in [-0.05, 0) is 48.9 Å². The fourth-order valence-electron chi connectivity index (χ4n) is 3.50. The molecule has 0 amide bonds. The van der Waals surface area contributed by atoms with Gasteiger partial charge in [-0.2, -0.15) is 0 Å². The lowest BCUT2D eigenvalue weighted by molar-refractivity contribution is 0.305. The highest BCUT2D eigenvalue weighted by Gasteiger charge is 2.31. The molecule has 0 saturated heterocycles. The Hall–Kier alpha value is -1.02. The quantitative estimate of drug-likeness (QED) is 0.862. The van der Waals surface area contributed by atoms with E-state index in [1.165, 1.54) is 30.4 Å². The van der Waals surface area contributed by atoms with Crippen LogP contribution in [0.25, 0.3) is 0 Å².